The number of hydrogen-bond acceptors (Lipinski definition) is 4. The number of carbonyl (C=O) groups excluding carboxylic acids is 1. The van der Waals surface area contributed by atoms with Gasteiger partial charge in [0.05, 0.1) is 0 Å². The fourth-order valence-electron chi connectivity index (χ4n) is 2.52. The van der Waals surface area contributed by atoms with E-state index in [0.717, 1.165) is 22.4 Å². The third-order valence-electron chi connectivity index (χ3n) is 4.05. The van der Waals surface area contributed by atoms with Gasteiger partial charge < -0.3 is 15.8 Å². The van der Waals surface area contributed by atoms with Gasteiger partial charge in [0, 0.05) is 28.4 Å². The first kappa shape index (κ1) is 22.2. The summed E-state index contributed by atoms with van der Waals surface area (Å²) in [6.45, 7) is 9.69. The zero-order valence-electron chi connectivity index (χ0n) is 16.8. The van der Waals surface area contributed by atoms with Crippen LogP contribution in [-0.2, 0) is 16.1 Å². The van der Waals surface area contributed by atoms with Crippen LogP contribution in [0.15, 0.2) is 64.8 Å². The summed E-state index contributed by atoms with van der Waals surface area (Å²) in [5.41, 5.74) is 10.3. The molecule has 0 aliphatic rings. The first-order valence-corrected chi connectivity index (χ1v) is 9.52. The molecule has 0 aromatic heterocycles. The Morgan fingerprint density at radius 2 is 1.90 bits per heavy atom. The van der Waals surface area contributed by atoms with Crippen LogP contribution in [0, 0.1) is 6.92 Å². The van der Waals surface area contributed by atoms with Crippen LogP contribution in [0.3, 0.4) is 0 Å². The van der Waals surface area contributed by atoms with E-state index in [2.05, 4.69) is 21.9 Å². The van der Waals surface area contributed by atoms with E-state index in [9.17, 15) is 4.79 Å². The molecule has 0 radical (unpaired) electrons. The molecule has 0 saturated heterocycles. The van der Waals surface area contributed by atoms with E-state index in [1.807, 2.05) is 56.3 Å². The first-order chi connectivity index (χ1) is 13.8. The number of nitrogens with two attached hydrogens (primary N) is 1. The molecular formula is C22H25ClN4O2. The van der Waals surface area contributed by atoms with Gasteiger partial charge >= 0.3 is 5.97 Å². The molecule has 0 aliphatic carbocycles. The molecule has 0 saturated carbocycles. The topological polar surface area (TPSA) is 89.1 Å². The van der Waals surface area contributed by atoms with Gasteiger partial charge in [-0.1, -0.05) is 43.3 Å². The van der Waals surface area contributed by atoms with Crippen LogP contribution in [0.5, 0.6) is 0 Å². The number of carbonyl (C=O) groups is 1. The summed E-state index contributed by atoms with van der Waals surface area (Å²) < 4.78 is 5.10. The molecule has 0 aliphatic heterocycles. The highest BCUT2D eigenvalue weighted by Crippen LogP contribution is 2.17. The fraction of sp³-hybridized carbons (Fsp3) is 0.227. The summed E-state index contributed by atoms with van der Waals surface area (Å²) in [7, 11) is 0. The van der Waals surface area contributed by atoms with Crippen molar-refractivity contribution in [2.24, 2.45) is 15.7 Å². The number of aryl methyl sites for hydroxylation is 1. The van der Waals surface area contributed by atoms with Gasteiger partial charge in [-0.2, -0.15) is 4.99 Å². The van der Waals surface area contributed by atoms with Crippen molar-refractivity contribution in [3.05, 3.63) is 76.6 Å². The van der Waals surface area contributed by atoms with Crippen molar-refractivity contribution in [2.75, 3.05) is 5.32 Å². The Hall–Kier alpha value is -3.12. The molecule has 0 atom stereocenters. The number of ether oxygens (including phenoxy) is 1. The van der Waals surface area contributed by atoms with Crippen LogP contribution in [-0.4, -0.2) is 17.6 Å². The smallest absolute Gasteiger partial charge is 0.305 e. The summed E-state index contributed by atoms with van der Waals surface area (Å²) in [5.74, 6) is 0.212. The first-order valence-electron chi connectivity index (χ1n) is 9.15. The number of anilines is 1. The Balaban J connectivity index is 2.00. The fourth-order valence-corrected chi connectivity index (χ4v) is 2.70. The minimum absolute atomic E-state index is 0.0856. The molecule has 0 spiro atoms. The lowest BCUT2D eigenvalue weighted by atomic mass is 10.1. The third kappa shape index (κ3) is 7.08. The number of halogens is 1. The number of nitrogens with one attached hydrogen (secondary N) is 1. The van der Waals surface area contributed by atoms with Crippen molar-refractivity contribution in [1.29, 1.82) is 0 Å². The zero-order chi connectivity index (χ0) is 21.4. The normalized spacial score (nSPS) is 11.9. The highest BCUT2D eigenvalue weighted by Gasteiger charge is 2.05. The number of nitrogens with zero attached hydrogens (tertiary/aromatic N) is 2. The molecule has 0 fully saturated rings. The van der Waals surface area contributed by atoms with Crippen LogP contribution in [0.2, 0.25) is 5.02 Å². The Bertz CT molecular complexity index is 950. The van der Waals surface area contributed by atoms with Crippen LogP contribution >= 0.6 is 11.6 Å². The Labute approximate surface area is 176 Å². The van der Waals surface area contributed by atoms with Gasteiger partial charge in [0.1, 0.15) is 12.4 Å². The molecule has 0 heterocycles. The maximum absolute atomic E-state index is 11.2. The molecule has 0 amide bonds. The molecular weight excluding hydrogens is 388 g/mol. The Morgan fingerprint density at radius 3 is 2.55 bits per heavy atom. The molecule has 3 N–H and O–H groups in total. The quantitative estimate of drug-likeness (QED) is 0.388. The zero-order valence-corrected chi connectivity index (χ0v) is 17.6. The van der Waals surface area contributed by atoms with Crippen LogP contribution in [0.1, 0.15) is 37.0 Å². The summed E-state index contributed by atoms with van der Waals surface area (Å²) >= 11 is 6.06. The second-order valence-electron chi connectivity index (χ2n) is 6.41. The Morgan fingerprint density at radius 1 is 1.21 bits per heavy atom. The average molecular weight is 413 g/mol. The monoisotopic (exact) mass is 412 g/mol. The lowest BCUT2D eigenvalue weighted by Gasteiger charge is -2.08. The second kappa shape index (κ2) is 10.4. The standard InChI is InChI=1S/C22H25ClN4O2/c1-5-21(28)29-13-17-7-10-19(11-8-17)26-16(4)27-22(24)25-15(3)20-12-18(23)9-6-14(20)2/h6-12,26H,4-5,13H2,1-3H3,(H2,24,27)/b25-15+. The SMILES string of the molecule is C=C(/N=C(N)\N=C(/C)c1cc(Cl)ccc1C)Nc1ccc(COC(=O)CC)cc1. The summed E-state index contributed by atoms with van der Waals surface area (Å²) in [6, 6.07) is 13.0. The van der Waals surface area contributed by atoms with Crippen molar-refractivity contribution < 1.29 is 9.53 Å². The Kier molecular flexibility index (Phi) is 7.98. The van der Waals surface area contributed by atoms with E-state index in [0.29, 0.717) is 23.0 Å². The van der Waals surface area contributed by atoms with Gasteiger partial charge in [0.15, 0.2) is 0 Å². The van der Waals surface area contributed by atoms with Crippen molar-refractivity contribution in [3.63, 3.8) is 0 Å². The van der Waals surface area contributed by atoms with Crippen LogP contribution < -0.4 is 11.1 Å². The van der Waals surface area contributed by atoms with Crippen LogP contribution in [0.25, 0.3) is 0 Å². The van der Waals surface area contributed by atoms with E-state index in [-0.39, 0.29) is 18.5 Å². The predicted octanol–water partition coefficient (Wildman–Crippen LogP) is 4.81. The maximum Gasteiger partial charge on any atom is 0.305 e. The summed E-state index contributed by atoms with van der Waals surface area (Å²) in [4.78, 5) is 19.7. The third-order valence-corrected chi connectivity index (χ3v) is 4.29. The lowest BCUT2D eigenvalue weighted by molar-refractivity contribution is -0.144. The van der Waals surface area contributed by atoms with Gasteiger partial charge in [-0.25, -0.2) is 4.99 Å². The highest BCUT2D eigenvalue weighted by molar-refractivity contribution is 6.31. The molecule has 0 bridgehead atoms. The number of hydrogen-bond donors (Lipinski definition) is 2. The van der Waals surface area contributed by atoms with Gasteiger partial charge in [0.2, 0.25) is 5.96 Å². The van der Waals surface area contributed by atoms with Crippen LogP contribution in [0.4, 0.5) is 5.69 Å². The minimum atomic E-state index is -0.228. The molecule has 2 aromatic carbocycles. The van der Waals surface area contributed by atoms with E-state index < -0.39 is 0 Å². The van der Waals surface area contributed by atoms with Gasteiger partial charge in [-0.15, -0.1) is 0 Å². The molecule has 0 unspecified atom stereocenters. The van der Waals surface area contributed by atoms with E-state index in [1.54, 1.807) is 6.92 Å². The lowest BCUT2D eigenvalue weighted by Crippen LogP contribution is -2.13. The molecule has 7 heteroatoms. The number of guanidine groups is 1. The van der Waals surface area contributed by atoms with Crippen molar-refractivity contribution in [1.82, 2.24) is 0 Å². The molecule has 29 heavy (non-hydrogen) atoms. The largest absolute Gasteiger partial charge is 0.461 e. The van der Waals surface area contributed by atoms with Gasteiger partial charge in [-0.3, -0.25) is 4.79 Å². The number of benzene rings is 2. The second-order valence-corrected chi connectivity index (χ2v) is 6.85. The summed E-state index contributed by atoms with van der Waals surface area (Å²) in [6.07, 6.45) is 0.359. The van der Waals surface area contributed by atoms with E-state index >= 15 is 0 Å². The van der Waals surface area contributed by atoms with Crippen molar-refractivity contribution in [3.8, 4) is 0 Å². The minimum Gasteiger partial charge on any atom is -0.461 e. The molecule has 152 valence electrons. The highest BCUT2D eigenvalue weighted by atomic mass is 35.5. The van der Waals surface area contributed by atoms with Gasteiger partial charge in [0.25, 0.3) is 0 Å². The number of rotatable bonds is 7. The van der Waals surface area contributed by atoms with Gasteiger partial charge in [-0.05, 0) is 49.2 Å². The predicted molar refractivity (Wildman–Crippen MR) is 119 cm³/mol. The number of esters is 1. The molecule has 2 aromatic rings. The molecule has 6 nitrogen and oxygen atoms in total. The average Bonchev–Trinajstić information content (AvgIpc) is 2.68. The summed E-state index contributed by atoms with van der Waals surface area (Å²) in [5, 5.41) is 3.68. The number of aliphatic imine (C=N–C) groups is 2. The van der Waals surface area contributed by atoms with E-state index in [1.165, 1.54) is 0 Å². The van der Waals surface area contributed by atoms with E-state index in [4.69, 9.17) is 22.1 Å². The molecule has 2 rings (SSSR count). The van der Waals surface area contributed by atoms with Crippen molar-refractivity contribution >= 4 is 34.9 Å². The maximum atomic E-state index is 11.2. The van der Waals surface area contributed by atoms with Crippen molar-refractivity contribution in [2.45, 2.75) is 33.8 Å².